The van der Waals surface area contributed by atoms with Crippen LogP contribution in [-0.4, -0.2) is 19.0 Å². The molecule has 2 aromatic rings. The summed E-state index contributed by atoms with van der Waals surface area (Å²) in [5.74, 6) is 0.906. The van der Waals surface area contributed by atoms with Crippen LogP contribution in [0.3, 0.4) is 0 Å². The minimum absolute atomic E-state index is 0.0373. The van der Waals surface area contributed by atoms with Crippen molar-refractivity contribution in [2.45, 2.75) is 24.4 Å². The normalized spacial score (nSPS) is 34.4. The van der Waals surface area contributed by atoms with Gasteiger partial charge in [-0.15, -0.1) is 0 Å². The van der Waals surface area contributed by atoms with Gasteiger partial charge in [-0.3, -0.25) is 4.79 Å². The summed E-state index contributed by atoms with van der Waals surface area (Å²) in [5.41, 5.74) is 3.07. The zero-order chi connectivity index (χ0) is 18.8. The minimum Gasteiger partial charge on any atom is -0.493 e. The first kappa shape index (κ1) is 16.3. The summed E-state index contributed by atoms with van der Waals surface area (Å²) in [6.45, 7) is 1.67. The molecule has 0 amide bonds. The van der Waals surface area contributed by atoms with Gasteiger partial charge < -0.3 is 9.47 Å². The highest BCUT2D eigenvalue weighted by atomic mass is 16.5. The number of benzene rings is 2. The second-order valence-corrected chi connectivity index (χ2v) is 8.53. The fraction of sp³-hybridized carbons (Fsp3) is 0.320. The maximum Gasteiger partial charge on any atom is 0.145 e. The highest BCUT2D eigenvalue weighted by Crippen LogP contribution is 2.62. The SMILES string of the molecule is O=C1CC23C=C(OCc4ccccc4)C1C1C=CC2(COC3)c2ccccc21. The molecule has 1 heterocycles. The Morgan fingerprint density at radius 2 is 1.86 bits per heavy atom. The number of allylic oxidation sites excluding steroid dienone is 2. The number of rotatable bonds is 3. The number of carbonyl (C=O) groups excluding carboxylic acids is 1. The molecule has 4 bridgehead atoms. The quantitative estimate of drug-likeness (QED) is 0.756. The largest absolute Gasteiger partial charge is 0.493 e. The maximum atomic E-state index is 13.4. The first-order valence-electron chi connectivity index (χ1n) is 10.0. The fourth-order valence-electron chi connectivity index (χ4n) is 5.79. The van der Waals surface area contributed by atoms with Crippen LogP contribution in [0.25, 0.3) is 0 Å². The highest BCUT2D eigenvalue weighted by Gasteiger charge is 2.63. The van der Waals surface area contributed by atoms with Crippen LogP contribution >= 0.6 is 0 Å². The van der Waals surface area contributed by atoms with Crippen molar-refractivity contribution in [1.82, 2.24) is 0 Å². The van der Waals surface area contributed by atoms with Crippen LogP contribution in [0.2, 0.25) is 0 Å². The van der Waals surface area contributed by atoms with Crippen LogP contribution in [-0.2, 0) is 26.3 Å². The highest BCUT2D eigenvalue weighted by molar-refractivity contribution is 5.89. The summed E-state index contributed by atoms with van der Waals surface area (Å²) >= 11 is 0. The van der Waals surface area contributed by atoms with Crippen molar-refractivity contribution in [3.05, 3.63) is 95.3 Å². The first-order valence-corrected chi connectivity index (χ1v) is 10.0. The van der Waals surface area contributed by atoms with Gasteiger partial charge in [-0.25, -0.2) is 0 Å². The van der Waals surface area contributed by atoms with Crippen LogP contribution < -0.4 is 0 Å². The molecule has 1 saturated heterocycles. The zero-order valence-corrected chi connectivity index (χ0v) is 15.6. The number of ketones is 1. The summed E-state index contributed by atoms with van der Waals surface area (Å²) in [6, 6.07) is 18.7. The van der Waals surface area contributed by atoms with E-state index in [9.17, 15) is 4.79 Å². The Hall–Kier alpha value is -2.65. The van der Waals surface area contributed by atoms with Crippen molar-refractivity contribution < 1.29 is 14.3 Å². The molecule has 0 N–H and O–H groups in total. The molecular formula is C25H22O3. The Bertz CT molecular complexity index is 1020. The van der Waals surface area contributed by atoms with Crippen molar-refractivity contribution in [1.29, 1.82) is 0 Å². The van der Waals surface area contributed by atoms with E-state index in [4.69, 9.17) is 9.47 Å². The summed E-state index contributed by atoms with van der Waals surface area (Å²) in [6.07, 6.45) is 7.36. The van der Waals surface area contributed by atoms with Gasteiger partial charge in [0.2, 0.25) is 0 Å². The van der Waals surface area contributed by atoms with Gasteiger partial charge in [0.15, 0.2) is 0 Å². The van der Waals surface area contributed by atoms with Gasteiger partial charge >= 0.3 is 0 Å². The molecule has 1 aliphatic heterocycles. The molecule has 4 atom stereocenters. The second kappa shape index (κ2) is 5.68. The summed E-state index contributed by atoms with van der Waals surface area (Å²) in [7, 11) is 0. The Morgan fingerprint density at radius 3 is 2.75 bits per heavy atom. The zero-order valence-electron chi connectivity index (χ0n) is 15.6. The smallest absolute Gasteiger partial charge is 0.145 e. The fourth-order valence-corrected chi connectivity index (χ4v) is 5.79. The van der Waals surface area contributed by atoms with E-state index in [0.717, 1.165) is 11.3 Å². The van der Waals surface area contributed by atoms with E-state index in [1.165, 1.54) is 11.1 Å². The summed E-state index contributed by atoms with van der Waals surface area (Å²) in [4.78, 5) is 13.4. The molecule has 7 aliphatic rings. The molecule has 9 rings (SSSR count). The maximum absolute atomic E-state index is 13.4. The van der Waals surface area contributed by atoms with Crippen molar-refractivity contribution in [2.24, 2.45) is 11.3 Å². The third-order valence-electron chi connectivity index (χ3n) is 7.14. The number of carbonyl (C=O) groups is 1. The predicted molar refractivity (Wildman–Crippen MR) is 106 cm³/mol. The molecule has 0 saturated carbocycles. The minimum atomic E-state index is -0.357. The van der Waals surface area contributed by atoms with Crippen molar-refractivity contribution in [2.75, 3.05) is 13.2 Å². The van der Waals surface area contributed by atoms with E-state index >= 15 is 0 Å². The molecule has 4 unspecified atom stereocenters. The van der Waals surface area contributed by atoms with E-state index < -0.39 is 0 Å². The van der Waals surface area contributed by atoms with E-state index in [2.05, 4.69) is 54.6 Å². The number of hydrogen-bond acceptors (Lipinski definition) is 3. The van der Waals surface area contributed by atoms with Crippen LogP contribution in [0.1, 0.15) is 29.0 Å². The molecular weight excluding hydrogens is 348 g/mol. The Kier molecular flexibility index (Phi) is 3.31. The van der Waals surface area contributed by atoms with Crippen LogP contribution in [0.15, 0.2) is 78.6 Å². The molecule has 6 aliphatic carbocycles. The topological polar surface area (TPSA) is 35.5 Å². The van der Waals surface area contributed by atoms with Gasteiger partial charge in [0, 0.05) is 23.2 Å². The van der Waals surface area contributed by atoms with Gasteiger partial charge in [0.25, 0.3) is 0 Å². The third-order valence-corrected chi connectivity index (χ3v) is 7.14. The first-order chi connectivity index (χ1) is 13.7. The van der Waals surface area contributed by atoms with Crippen LogP contribution in [0.4, 0.5) is 0 Å². The molecule has 0 aromatic heterocycles. The van der Waals surface area contributed by atoms with Gasteiger partial charge in [-0.05, 0) is 22.8 Å². The number of hydrogen-bond donors (Lipinski definition) is 0. The molecule has 140 valence electrons. The van der Waals surface area contributed by atoms with Gasteiger partial charge in [0.05, 0.1) is 19.1 Å². The molecule has 2 spiro atoms. The Labute approximate surface area is 164 Å². The summed E-state index contributed by atoms with van der Waals surface area (Å²) < 4.78 is 12.4. The van der Waals surface area contributed by atoms with Gasteiger partial charge in [-0.1, -0.05) is 66.7 Å². The summed E-state index contributed by atoms with van der Waals surface area (Å²) in [5, 5.41) is 0. The lowest BCUT2D eigenvalue weighted by Crippen LogP contribution is -2.52. The van der Waals surface area contributed by atoms with Crippen LogP contribution in [0.5, 0.6) is 0 Å². The van der Waals surface area contributed by atoms with Crippen LogP contribution in [0, 0.1) is 11.3 Å². The van der Waals surface area contributed by atoms with E-state index in [1.807, 2.05) is 18.2 Å². The van der Waals surface area contributed by atoms with E-state index in [-0.39, 0.29) is 28.4 Å². The molecule has 3 nitrogen and oxygen atoms in total. The Balaban J connectivity index is 1.50. The molecule has 0 radical (unpaired) electrons. The Morgan fingerprint density at radius 1 is 1.04 bits per heavy atom. The lowest BCUT2D eigenvalue weighted by atomic mass is 9.50. The molecule has 1 fully saturated rings. The molecule has 3 heteroatoms. The lowest BCUT2D eigenvalue weighted by Gasteiger charge is -2.51. The van der Waals surface area contributed by atoms with Gasteiger partial charge in [-0.2, -0.15) is 0 Å². The monoisotopic (exact) mass is 370 g/mol. The van der Waals surface area contributed by atoms with Gasteiger partial charge in [0.1, 0.15) is 18.1 Å². The average Bonchev–Trinajstić information content (AvgIpc) is 3.01. The average molecular weight is 370 g/mol. The van der Waals surface area contributed by atoms with Crippen molar-refractivity contribution >= 4 is 5.78 Å². The number of Topliss-reactive ketones (excluding diaryl/α,β-unsaturated/α-hetero) is 1. The lowest BCUT2D eigenvalue weighted by molar-refractivity contribution is -0.127. The third kappa shape index (κ3) is 2.00. The van der Waals surface area contributed by atoms with Crippen molar-refractivity contribution in [3.8, 4) is 0 Å². The van der Waals surface area contributed by atoms with Crippen molar-refractivity contribution in [3.63, 3.8) is 0 Å². The number of ether oxygens (including phenoxy) is 2. The predicted octanol–water partition coefficient (Wildman–Crippen LogP) is 4.30. The molecule has 2 aromatic carbocycles. The second-order valence-electron chi connectivity index (χ2n) is 8.53. The standard InChI is InChI=1S/C25H22O3/c26-21-12-24-13-22(28-14-17-6-2-1-3-7-17)23(21)19-10-11-25(24,16-27-15-24)20-9-5-4-8-18(19)20/h1-11,13,19,23H,12,14-16H2. The molecule has 28 heavy (non-hydrogen) atoms. The van der Waals surface area contributed by atoms with E-state index in [1.54, 1.807) is 0 Å². The van der Waals surface area contributed by atoms with E-state index in [0.29, 0.717) is 26.2 Å².